The average molecular weight is 165 g/mol. The second kappa shape index (κ2) is 4.51. The minimum absolute atomic E-state index is 0.672. The fraction of sp³-hybridized carbons (Fsp3) is 0.222. The summed E-state index contributed by atoms with van der Waals surface area (Å²) in [6.45, 7) is 0. The van der Waals surface area contributed by atoms with Crippen LogP contribution in [-0.4, -0.2) is 20.4 Å². The van der Waals surface area contributed by atoms with Crippen LogP contribution < -0.4 is 4.89 Å². The normalized spacial score (nSPS) is 10.5. The number of nitrogens with zero attached hydrogens (tertiary/aromatic N) is 1. The highest BCUT2D eigenvalue weighted by Crippen LogP contribution is 2.15. The Morgan fingerprint density at radius 3 is 2.75 bits per heavy atom. The van der Waals surface area contributed by atoms with E-state index in [1.165, 1.54) is 7.11 Å². The van der Waals surface area contributed by atoms with Gasteiger partial charge in [-0.3, -0.25) is 4.99 Å². The molecule has 0 aromatic heterocycles. The zero-order valence-electron chi connectivity index (χ0n) is 7.15. The van der Waals surface area contributed by atoms with Crippen LogP contribution in [0.3, 0.4) is 0 Å². The van der Waals surface area contributed by atoms with Gasteiger partial charge in [0.05, 0.1) is 7.11 Å². The molecule has 64 valence electrons. The second-order valence-corrected chi connectivity index (χ2v) is 2.18. The molecule has 3 nitrogen and oxygen atoms in total. The third kappa shape index (κ3) is 2.07. The molecule has 0 amide bonds. The van der Waals surface area contributed by atoms with Crippen LogP contribution in [0.15, 0.2) is 29.3 Å². The van der Waals surface area contributed by atoms with Crippen molar-refractivity contribution in [3.63, 3.8) is 0 Å². The summed E-state index contributed by atoms with van der Waals surface area (Å²) < 4.78 is 0. The zero-order valence-corrected chi connectivity index (χ0v) is 7.15. The highest BCUT2D eigenvalue weighted by Gasteiger charge is 1.98. The van der Waals surface area contributed by atoms with Gasteiger partial charge in [-0.05, 0) is 12.1 Å². The van der Waals surface area contributed by atoms with E-state index in [4.69, 9.17) is 4.89 Å². The first-order valence-corrected chi connectivity index (χ1v) is 3.60. The lowest BCUT2D eigenvalue weighted by Crippen LogP contribution is -1.94. The first-order valence-electron chi connectivity index (χ1n) is 3.60. The Morgan fingerprint density at radius 1 is 1.33 bits per heavy atom. The van der Waals surface area contributed by atoms with Crippen LogP contribution in [-0.2, 0) is 4.89 Å². The summed E-state index contributed by atoms with van der Waals surface area (Å²) in [6.07, 6.45) is 1.72. The summed E-state index contributed by atoms with van der Waals surface area (Å²) >= 11 is 0. The Labute approximate surface area is 71.6 Å². The molecule has 0 heterocycles. The lowest BCUT2D eigenvalue weighted by molar-refractivity contribution is -0.178. The van der Waals surface area contributed by atoms with E-state index < -0.39 is 0 Å². The van der Waals surface area contributed by atoms with Gasteiger partial charge in [0.15, 0.2) is 5.75 Å². The van der Waals surface area contributed by atoms with Crippen molar-refractivity contribution < 1.29 is 9.78 Å². The fourth-order valence-corrected chi connectivity index (χ4v) is 0.892. The van der Waals surface area contributed by atoms with Gasteiger partial charge >= 0.3 is 0 Å². The summed E-state index contributed by atoms with van der Waals surface area (Å²) in [5.74, 6) is 0.672. The lowest BCUT2D eigenvalue weighted by atomic mass is 10.2. The van der Waals surface area contributed by atoms with Crippen molar-refractivity contribution in [2.24, 2.45) is 4.99 Å². The van der Waals surface area contributed by atoms with Gasteiger partial charge < -0.3 is 4.89 Å². The van der Waals surface area contributed by atoms with Crippen LogP contribution >= 0.6 is 0 Å². The smallest absolute Gasteiger partial charge is 0.174 e. The predicted molar refractivity (Wildman–Crippen MR) is 47.6 cm³/mol. The first kappa shape index (κ1) is 8.74. The number of para-hydroxylation sites is 1. The summed E-state index contributed by atoms with van der Waals surface area (Å²) in [4.78, 5) is 13.3. The van der Waals surface area contributed by atoms with Gasteiger partial charge in [-0.15, -0.1) is 0 Å². The van der Waals surface area contributed by atoms with Gasteiger partial charge in [-0.1, -0.05) is 12.1 Å². The Hall–Kier alpha value is -1.35. The molecule has 3 heteroatoms. The molecular weight excluding hydrogens is 154 g/mol. The summed E-state index contributed by atoms with van der Waals surface area (Å²) in [6, 6.07) is 7.52. The van der Waals surface area contributed by atoms with Crippen molar-refractivity contribution in [2.45, 2.75) is 0 Å². The van der Waals surface area contributed by atoms with Crippen LogP contribution in [0.25, 0.3) is 0 Å². The van der Waals surface area contributed by atoms with E-state index in [9.17, 15) is 0 Å². The average Bonchev–Trinajstić information content (AvgIpc) is 2.09. The molecule has 0 bridgehead atoms. The van der Waals surface area contributed by atoms with E-state index >= 15 is 0 Å². The van der Waals surface area contributed by atoms with Crippen molar-refractivity contribution in [1.82, 2.24) is 0 Å². The molecule has 1 aromatic rings. The first-order chi connectivity index (χ1) is 5.88. The van der Waals surface area contributed by atoms with Gasteiger partial charge in [0.1, 0.15) is 0 Å². The molecule has 0 fully saturated rings. The maximum Gasteiger partial charge on any atom is 0.174 e. The van der Waals surface area contributed by atoms with Crippen molar-refractivity contribution in [1.29, 1.82) is 0 Å². The molecular formula is C9H11NO2. The number of hydrogen-bond acceptors (Lipinski definition) is 3. The summed E-state index contributed by atoms with van der Waals surface area (Å²) in [5, 5.41) is 0. The van der Waals surface area contributed by atoms with Gasteiger partial charge in [0.2, 0.25) is 0 Å². The Kier molecular flexibility index (Phi) is 3.29. The van der Waals surface area contributed by atoms with Crippen molar-refractivity contribution in [2.75, 3.05) is 14.2 Å². The fourth-order valence-electron chi connectivity index (χ4n) is 0.892. The van der Waals surface area contributed by atoms with E-state index in [0.717, 1.165) is 5.56 Å². The second-order valence-electron chi connectivity index (χ2n) is 2.18. The molecule has 0 spiro atoms. The molecule has 0 N–H and O–H groups in total. The minimum Gasteiger partial charge on any atom is -0.337 e. The Balaban J connectivity index is 2.91. The molecule has 0 saturated carbocycles. The van der Waals surface area contributed by atoms with Crippen molar-refractivity contribution in [3.8, 4) is 5.75 Å². The van der Waals surface area contributed by atoms with Crippen LogP contribution in [0.5, 0.6) is 5.75 Å². The number of hydrogen-bond donors (Lipinski definition) is 0. The molecule has 0 aliphatic heterocycles. The standard InChI is InChI=1S/C9H11NO2/c1-10-7-8-5-3-4-6-9(8)12-11-2/h3-7H,1-2H3. The molecule has 12 heavy (non-hydrogen) atoms. The van der Waals surface area contributed by atoms with Crippen molar-refractivity contribution in [3.05, 3.63) is 29.8 Å². The van der Waals surface area contributed by atoms with E-state index in [0.29, 0.717) is 5.75 Å². The predicted octanol–water partition coefficient (Wildman–Crippen LogP) is 1.68. The minimum atomic E-state index is 0.672. The molecule has 1 aromatic carbocycles. The Bertz CT molecular complexity index is 271. The van der Waals surface area contributed by atoms with Gasteiger partial charge in [-0.25, -0.2) is 0 Å². The van der Waals surface area contributed by atoms with Crippen LogP contribution in [0.2, 0.25) is 0 Å². The topological polar surface area (TPSA) is 30.8 Å². The largest absolute Gasteiger partial charge is 0.337 e. The quantitative estimate of drug-likeness (QED) is 0.387. The monoisotopic (exact) mass is 165 g/mol. The highest BCUT2D eigenvalue weighted by atomic mass is 17.2. The maximum atomic E-state index is 4.90. The molecule has 0 aliphatic carbocycles. The van der Waals surface area contributed by atoms with E-state index in [-0.39, 0.29) is 0 Å². The highest BCUT2D eigenvalue weighted by molar-refractivity contribution is 5.83. The van der Waals surface area contributed by atoms with Crippen LogP contribution in [0.1, 0.15) is 5.56 Å². The van der Waals surface area contributed by atoms with E-state index in [1.54, 1.807) is 13.3 Å². The third-order valence-electron chi connectivity index (χ3n) is 1.36. The molecule has 0 unspecified atom stereocenters. The number of benzene rings is 1. The van der Waals surface area contributed by atoms with Gasteiger partial charge in [-0.2, -0.15) is 4.89 Å². The van der Waals surface area contributed by atoms with Gasteiger partial charge in [0.25, 0.3) is 0 Å². The zero-order chi connectivity index (χ0) is 8.81. The summed E-state index contributed by atoms with van der Waals surface area (Å²) in [5.41, 5.74) is 0.904. The van der Waals surface area contributed by atoms with E-state index in [2.05, 4.69) is 9.88 Å². The summed E-state index contributed by atoms with van der Waals surface area (Å²) in [7, 11) is 3.18. The van der Waals surface area contributed by atoms with Crippen molar-refractivity contribution >= 4 is 6.21 Å². The van der Waals surface area contributed by atoms with E-state index in [1.807, 2.05) is 24.3 Å². The molecule has 0 atom stereocenters. The SMILES string of the molecule is CN=Cc1ccccc1OOC. The van der Waals surface area contributed by atoms with Gasteiger partial charge in [0, 0.05) is 18.8 Å². The molecule has 0 saturated heterocycles. The third-order valence-corrected chi connectivity index (χ3v) is 1.36. The number of rotatable bonds is 3. The lowest BCUT2D eigenvalue weighted by Gasteiger charge is -2.02. The van der Waals surface area contributed by atoms with Crippen LogP contribution in [0.4, 0.5) is 0 Å². The maximum absolute atomic E-state index is 4.90. The Morgan fingerprint density at radius 2 is 2.08 bits per heavy atom. The molecule has 1 rings (SSSR count). The molecule has 0 aliphatic rings. The van der Waals surface area contributed by atoms with Crippen LogP contribution in [0, 0.1) is 0 Å². The number of aliphatic imine (C=N–C) groups is 1. The molecule has 0 radical (unpaired) electrons.